The number of aryl methyl sites for hydroxylation is 1. The number of phenols is 2. The lowest BCUT2D eigenvalue weighted by Gasteiger charge is -2.13. The van der Waals surface area contributed by atoms with Crippen LogP contribution in [0.4, 0.5) is 0 Å². The highest BCUT2D eigenvalue weighted by molar-refractivity contribution is 5.71. The molecule has 0 fully saturated rings. The minimum Gasteiger partial charge on any atom is -0.508 e. The Morgan fingerprint density at radius 2 is 1.54 bits per heavy atom. The van der Waals surface area contributed by atoms with Crippen molar-refractivity contribution >= 4 is 12.2 Å². The highest BCUT2D eigenvalue weighted by Crippen LogP contribution is 2.22. The molecule has 0 bridgehead atoms. The van der Waals surface area contributed by atoms with Crippen LogP contribution in [-0.2, 0) is 6.42 Å². The van der Waals surface area contributed by atoms with Crippen molar-refractivity contribution in [2.45, 2.75) is 52.1 Å². The predicted molar refractivity (Wildman–Crippen MR) is 108 cm³/mol. The van der Waals surface area contributed by atoms with Gasteiger partial charge in [-0.15, -0.1) is 0 Å². The molecule has 3 heteroatoms. The standard InChI is InChI=1S/C23H30O3/c1-17(2)23(26)10-5-3-4-7-18-8-6-9-19(13-18)11-12-20-14-21(24)16-22(25)15-20/h6,8-9,11-17,23-26H,3-5,7,10H2,1-2H3/b12-11+. The van der Waals surface area contributed by atoms with Gasteiger partial charge in [-0.3, -0.25) is 0 Å². The van der Waals surface area contributed by atoms with Crippen molar-refractivity contribution in [3.63, 3.8) is 0 Å². The quantitative estimate of drug-likeness (QED) is 0.418. The molecule has 2 aromatic rings. The molecule has 0 aliphatic heterocycles. The van der Waals surface area contributed by atoms with Crippen LogP contribution in [0.2, 0.25) is 0 Å². The molecule has 140 valence electrons. The minimum absolute atomic E-state index is 0.0565. The van der Waals surface area contributed by atoms with Gasteiger partial charge >= 0.3 is 0 Å². The van der Waals surface area contributed by atoms with Crippen LogP contribution in [0, 0.1) is 5.92 Å². The van der Waals surface area contributed by atoms with E-state index in [2.05, 4.69) is 32.0 Å². The number of aliphatic hydroxyl groups excluding tert-OH is 1. The third-order valence-corrected chi connectivity index (χ3v) is 4.58. The second kappa shape index (κ2) is 10.0. The van der Waals surface area contributed by atoms with Gasteiger partial charge in [-0.2, -0.15) is 0 Å². The smallest absolute Gasteiger partial charge is 0.119 e. The van der Waals surface area contributed by atoms with Crippen molar-refractivity contribution in [2.75, 3.05) is 0 Å². The number of aliphatic hydroxyl groups is 1. The van der Waals surface area contributed by atoms with Gasteiger partial charge in [0.25, 0.3) is 0 Å². The van der Waals surface area contributed by atoms with E-state index in [1.54, 1.807) is 12.1 Å². The molecule has 3 nitrogen and oxygen atoms in total. The van der Waals surface area contributed by atoms with Gasteiger partial charge in [0, 0.05) is 6.07 Å². The lowest BCUT2D eigenvalue weighted by atomic mass is 9.99. The summed E-state index contributed by atoms with van der Waals surface area (Å²) in [7, 11) is 0. The summed E-state index contributed by atoms with van der Waals surface area (Å²) >= 11 is 0. The van der Waals surface area contributed by atoms with Crippen molar-refractivity contribution in [2.24, 2.45) is 5.92 Å². The summed E-state index contributed by atoms with van der Waals surface area (Å²) in [5, 5.41) is 28.9. The van der Waals surface area contributed by atoms with Gasteiger partial charge in [-0.05, 0) is 54.0 Å². The van der Waals surface area contributed by atoms with E-state index in [0.717, 1.165) is 43.2 Å². The Morgan fingerprint density at radius 1 is 0.846 bits per heavy atom. The number of unbranched alkanes of at least 4 members (excludes halogenated alkanes) is 2. The Balaban J connectivity index is 1.84. The largest absolute Gasteiger partial charge is 0.508 e. The second-order valence-electron chi connectivity index (χ2n) is 7.27. The van der Waals surface area contributed by atoms with E-state index in [4.69, 9.17) is 0 Å². The van der Waals surface area contributed by atoms with Crippen LogP contribution in [-0.4, -0.2) is 21.4 Å². The Morgan fingerprint density at radius 3 is 2.23 bits per heavy atom. The number of hydrogen-bond acceptors (Lipinski definition) is 3. The van der Waals surface area contributed by atoms with Gasteiger partial charge in [0.1, 0.15) is 11.5 Å². The maximum Gasteiger partial charge on any atom is 0.119 e. The predicted octanol–water partition coefficient (Wildman–Crippen LogP) is 5.39. The summed E-state index contributed by atoms with van der Waals surface area (Å²) in [6.45, 7) is 4.11. The Bertz CT molecular complexity index is 699. The van der Waals surface area contributed by atoms with Gasteiger partial charge in [0.2, 0.25) is 0 Å². The minimum atomic E-state index is -0.180. The molecule has 0 saturated heterocycles. The molecule has 0 heterocycles. The molecule has 0 radical (unpaired) electrons. The normalized spacial score (nSPS) is 12.8. The van der Waals surface area contributed by atoms with Gasteiger partial charge in [0.15, 0.2) is 0 Å². The third kappa shape index (κ3) is 6.93. The van der Waals surface area contributed by atoms with Crippen molar-refractivity contribution in [1.29, 1.82) is 0 Å². The van der Waals surface area contributed by atoms with Crippen molar-refractivity contribution in [1.82, 2.24) is 0 Å². The van der Waals surface area contributed by atoms with Crippen LogP contribution >= 0.6 is 0 Å². The fourth-order valence-corrected chi connectivity index (χ4v) is 2.95. The maximum absolute atomic E-state index is 9.83. The fourth-order valence-electron chi connectivity index (χ4n) is 2.95. The summed E-state index contributed by atoms with van der Waals surface area (Å²) in [5.74, 6) is 0.453. The molecule has 0 aromatic heterocycles. The van der Waals surface area contributed by atoms with E-state index in [9.17, 15) is 15.3 Å². The first-order valence-corrected chi connectivity index (χ1v) is 9.42. The molecule has 2 aromatic carbocycles. The maximum atomic E-state index is 9.83. The zero-order valence-electron chi connectivity index (χ0n) is 15.7. The fraction of sp³-hybridized carbons (Fsp3) is 0.391. The molecule has 2 rings (SSSR count). The Kier molecular flexibility index (Phi) is 7.73. The van der Waals surface area contributed by atoms with Crippen molar-refractivity contribution in [3.05, 3.63) is 59.2 Å². The topological polar surface area (TPSA) is 60.7 Å². The van der Waals surface area contributed by atoms with E-state index in [1.165, 1.54) is 11.6 Å². The highest BCUT2D eigenvalue weighted by atomic mass is 16.3. The van der Waals surface area contributed by atoms with Crippen LogP contribution < -0.4 is 0 Å². The van der Waals surface area contributed by atoms with Gasteiger partial charge < -0.3 is 15.3 Å². The van der Waals surface area contributed by atoms with E-state index in [-0.39, 0.29) is 17.6 Å². The van der Waals surface area contributed by atoms with Crippen molar-refractivity contribution < 1.29 is 15.3 Å². The molecule has 26 heavy (non-hydrogen) atoms. The van der Waals surface area contributed by atoms with E-state index in [0.29, 0.717) is 5.92 Å². The third-order valence-electron chi connectivity index (χ3n) is 4.58. The van der Waals surface area contributed by atoms with Gasteiger partial charge in [-0.1, -0.05) is 63.1 Å². The van der Waals surface area contributed by atoms with Crippen molar-refractivity contribution in [3.8, 4) is 11.5 Å². The zero-order valence-corrected chi connectivity index (χ0v) is 15.7. The lowest BCUT2D eigenvalue weighted by molar-refractivity contribution is 0.113. The number of benzene rings is 2. The second-order valence-corrected chi connectivity index (χ2v) is 7.27. The summed E-state index contributed by atoms with van der Waals surface area (Å²) in [6.07, 6.45) is 8.93. The molecule has 0 aliphatic carbocycles. The van der Waals surface area contributed by atoms with Gasteiger partial charge in [-0.25, -0.2) is 0 Å². The van der Waals surface area contributed by atoms with Crippen LogP contribution in [0.5, 0.6) is 11.5 Å². The summed E-state index contributed by atoms with van der Waals surface area (Å²) in [6, 6.07) is 13.0. The van der Waals surface area contributed by atoms with E-state index in [1.807, 2.05) is 18.2 Å². The Hall–Kier alpha value is -2.26. The summed E-state index contributed by atoms with van der Waals surface area (Å²) in [4.78, 5) is 0. The molecular weight excluding hydrogens is 324 g/mol. The molecule has 0 spiro atoms. The molecule has 3 N–H and O–H groups in total. The van der Waals surface area contributed by atoms with Crippen LogP contribution in [0.3, 0.4) is 0 Å². The van der Waals surface area contributed by atoms with Crippen LogP contribution in [0.1, 0.15) is 56.2 Å². The first kappa shape index (κ1) is 20.1. The number of aromatic hydroxyl groups is 2. The number of rotatable bonds is 9. The van der Waals surface area contributed by atoms with E-state index >= 15 is 0 Å². The molecular formula is C23H30O3. The highest BCUT2D eigenvalue weighted by Gasteiger charge is 2.07. The number of hydrogen-bond donors (Lipinski definition) is 3. The van der Waals surface area contributed by atoms with E-state index < -0.39 is 0 Å². The molecule has 1 atom stereocenters. The average molecular weight is 354 g/mol. The van der Waals surface area contributed by atoms with Crippen LogP contribution in [0.15, 0.2) is 42.5 Å². The first-order chi connectivity index (χ1) is 12.4. The molecule has 0 amide bonds. The summed E-state index contributed by atoms with van der Waals surface area (Å²) < 4.78 is 0. The Labute approximate surface area is 156 Å². The average Bonchev–Trinajstić information content (AvgIpc) is 2.59. The SMILES string of the molecule is CC(C)C(O)CCCCCc1cccc(/C=C/c2cc(O)cc(O)c2)c1. The molecule has 0 saturated carbocycles. The monoisotopic (exact) mass is 354 g/mol. The molecule has 0 aliphatic rings. The molecule has 1 unspecified atom stereocenters. The zero-order chi connectivity index (χ0) is 18.9. The van der Waals surface area contributed by atoms with Crippen LogP contribution in [0.25, 0.3) is 12.2 Å². The van der Waals surface area contributed by atoms with Gasteiger partial charge in [0.05, 0.1) is 6.10 Å². The summed E-state index contributed by atoms with van der Waals surface area (Å²) in [5.41, 5.74) is 3.16. The first-order valence-electron chi connectivity index (χ1n) is 9.42. The lowest BCUT2D eigenvalue weighted by Crippen LogP contribution is -2.13. The number of phenolic OH excluding ortho intramolecular Hbond substituents is 2.